The molecule has 4 atom stereocenters. The number of hydrogen-bond donors (Lipinski definition) is 1. The van der Waals surface area contributed by atoms with Crippen LogP contribution in [-0.2, 0) is 23.9 Å². The minimum Gasteiger partial charge on any atom is -0.432 e. The minimum atomic E-state index is -0.653. The molecule has 0 aromatic heterocycles. The van der Waals surface area contributed by atoms with Crippen LogP contribution in [0.2, 0.25) is 0 Å². The summed E-state index contributed by atoms with van der Waals surface area (Å²) in [5.41, 5.74) is 1.58. The van der Waals surface area contributed by atoms with Gasteiger partial charge in [-0.05, 0) is 64.4 Å². The molecule has 0 saturated carbocycles. The molecule has 1 aliphatic rings. The average Bonchev–Trinajstić information content (AvgIpc) is 2.77. The van der Waals surface area contributed by atoms with Crippen molar-refractivity contribution < 1.29 is 29.0 Å². The smallest absolute Gasteiger partial charge is 0.335 e. The standard InChI is InChI=1S/C26H38O6/c1-17(2)14-24(29)32-13-10-22-21(15-19(5)27)25(30)20(16-31-7)8-11-26(22,6)12-9-23(28)18(3)4/h8,10,13-14,21-23,28H,3,9,11-12,15-16H2,1-2,4-7H3/b13-10-/t21-,22-,23+,26+/m0/s1. The van der Waals surface area contributed by atoms with Crippen LogP contribution in [0.4, 0.5) is 0 Å². The fraction of sp³-hybridized carbons (Fsp3) is 0.577. The molecule has 6 heteroatoms. The Morgan fingerprint density at radius 3 is 2.50 bits per heavy atom. The summed E-state index contributed by atoms with van der Waals surface area (Å²) in [6, 6.07) is 0. The lowest BCUT2D eigenvalue weighted by molar-refractivity contribution is -0.132. The first kappa shape index (κ1) is 27.7. The van der Waals surface area contributed by atoms with Crippen molar-refractivity contribution in [3.63, 3.8) is 0 Å². The Morgan fingerprint density at radius 1 is 1.31 bits per heavy atom. The summed E-state index contributed by atoms with van der Waals surface area (Å²) in [6.07, 6.45) is 7.37. The molecule has 0 saturated heterocycles. The molecule has 0 aromatic carbocycles. The third-order valence-corrected chi connectivity index (χ3v) is 5.95. The van der Waals surface area contributed by atoms with Crippen LogP contribution in [-0.4, -0.2) is 42.5 Å². The summed E-state index contributed by atoms with van der Waals surface area (Å²) >= 11 is 0. The van der Waals surface area contributed by atoms with Crippen molar-refractivity contribution in [3.8, 4) is 0 Å². The number of aliphatic hydroxyl groups is 1. The van der Waals surface area contributed by atoms with Gasteiger partial charge >= 0.3 is 5.97 Å². The molecule has 1 aliphatic carbocycles. The summed E-state index contributed by atoms with van der Waals surface area (Å²) in [5, 5.41) is 10.3. The van der Waals surface area contributed by atoms with Crippen LogP contribution in [0.1, 0.15) is 60.3 Å². The number of aliphatic hydroxyl groups excluding tert-OH is 1. The van der Waals surface area contributed by atoms with Gasteiger partial charge in [-0.25, -0.2) is 4.79 Å². The van der Waals surface area contributed by atoms with Crippen LogP contribution in [0.25, 0.3) is 0 Å². The number of carbonyl (C=O) groups is 3. The number of hydrogen-bond acceptors (Lipinski definition) is 6. The van der Waals surface area contributed by atoms with E-state index in [1.54, 1.807) is 26.8 Å². The highest BCUT2D eigenvalue weighted by molar-refractivity contribution is 6.00. The van der Waals surface area contributed by atoms with Crippen LogP contribution in [0, 0.1) is 17.3 Å². The second-order valence-electron chi connectivity index (χ2n) is 9.31. The quantitative estimate of drug-likeness (QED) is 0.218. The van der Waals surface area contributed by atoms with E-state index in [-0.39, 0.29) is 30.5 Å². The van der Waals surface area contributed by atoms with Crippen LogP contribution in [0.15, 0.2) is 47.8 Å². The predicted molar refractivity (Wildman–Crippen MR) is 125 cm³/mol. The lowest BCUT2D eigenvalue weighted by Crippen LogP contribution is -2.36. The van der Waals surface area contributed by atoms with E-state index >= 15 is 0 Å². The molecule has 0 spiro atoms. The zero-order valence-electron chi connectivity index (χ0n) is 20.3. The van der Waals surface area contributed by atoms with E-state index in [1.165, 1.54) is 26.4 Å². The summed E-state index contributed by atoms with van der Waals surface area (Å²) < 4.78 is 10.4. The number of ketones is 2. The maximum Gasteiger partial charge on any atom is 0.335 e. The van der Waals surface area contributed by atoms with Crippen molar-refractivity contribution >= 4 is 17.5 Å². The van der Waals surface area contributed by atoms with E-state index < -0.39 is 23.4 Å². The molecular formula is C26H38O6. The van der Waals surface area contributed by atoms with Gasteiger partial charge in [-0.1, -0.05) is 30.7 Å². The third-order valence-electron chi connectivity index (χ3n) is 5.95. The van der Waals surface area contributed by atoms with Crippen molar-refractivity contribution in [2.75, 3.05) is 13.7 Å². The summed E-state index contributed by atoms with van der Waals surface area (Å²) in [7, 11) is 1.53. The highest BCUT2D eigenvalue weighted by Gasteiger charge is 2.43. The van der Waals surface area contributed by atoms with Gasteiger partial charge in [0.05, 0.1) is 19.0 Å². The molecule has 0 aromatic rings. The Labute approximate surface area is 192 Å². The normalized spacial score (nSPS) is 24.5. The second kappa shape index (κ2) is 12.7. The van der Waals surface area contributed by atoms with Crippen LogP contribution in [0.3, 0.4) is 0 Å². The molecule has 1 rings (SSSR count). The SMILES string of the molecule is C=C(C)[C@H](O)CC[C@@]1(C)CC=C(COC)C(=O)[C@@H](CC(C)=O)[C@@H]1/C=C\OC(=O)C=C(C)C. The number of ether oxygens (including phenoxy) is 2. The molecule has 0 bridgehead atoms. The number of methoxy groups -OCH3 is 1. The van der Waals surface area contributed by atoms with Gasteiger partial charge < -0.3 is 19.4 Å². The lowest BCUT2D eigenvalue weighted by Gasteiger charge is -2.38. The van der Waals surface area contributed by atoms with Gasteiger partial charge in [0.2, 0.25) is 0 Å². The van der Waals surface area contributed by atoms with Gasteiger partial charge in [0.15, 0.2) is 5.78 Å². The molecule has 0 fully saturated rings. The molecule has 0 heterocycles. The largest absolute Gasteiger partial charge is 0.432 e. The molecule has 0 aliphatic heterocycles. The number of rotatable bonds is 11. The molecule has 1 N–H and O–H groups in total. The fourth-order valence-electron chi connectivity index (χ4n) is 4.10. The lowest BCUT2D eigenvalue weighted by atomic mass is 9.65. The van der Waals surface area contributed by atoms with Crippen LogP contribution < -0.4 is 0 Å². The highest BCUT2D eigenvalue weighted by Crippen LogP contribution is 2.46. The second-order valence-corrected chi connectivity index (χ2v) is 9.31. The Hall–Kier alpha value is -2.31. The molecule has 6 nitrogen and oxygen atoms in total. The topological polar surface area (TPSA) is 89.9 Å². The van der Waals surface area contributed by atoms with Gasteiger partial charge in [-0.2, -0.15) is 0 Å². The van der Waals surface area contributed by atoms with Crippen molar-refractivity contribution in [2.45, 2.75) is 66.4 Å². The fourth-order valence-corrected chi connectivity index (χ4v) is 4.10. The van der Waals surface area contributed by atoms with E-state index in [4.69, 9.17) is 9.47 Å². The van der Waals surface area contributed by atoms with Crippen LogP contribution >= 0.6 is 0 Å². The Kier molecular flexibility index (Phi) is 11.0. The summed E-state index contributed by atoms with van der Waals surface area (Å²) in [6.45, 7) is 12.9. The van der Waals surface area contributed by atoms with Crippen molar-refractivity contribution in [3.05, 3.63) is 47.8 Å². The average molecular weight is 447 g/mol. The maximum atomic E-state index is 13.3. The molecule has 178 valence electrons. The monoisotopic (exact) mass is 446 g/mol. The first-order valence-electron chi connectivity index (χ1n) is 11.0. The number of carbonyl (C=O) groups excluding carboxylic acids is 3. The Balaban J connectivity index is 3.37. The minimum absolute atomic E-state index is 0.0788. The van der Waals surface area contributed by atoms with E-state index in [2.05, 4.69) is 6.58 Å². The first-order chi connectivity index (χ1) is 14.9. The number of esters is 1. The Morgan fingerprint density at radius 2 is 1.97 bits per heavy atom. The first-order valence-corrected chi connectivity index (χ1v) is 11.0. The Bertz CT molecular complexity index is 799. The molecule has 0 unspecified atom stereocenters. The number of Topliss-reactive ketones (excluding diaryl/α,β-unsaturated/α-hetero) is 2. The van der Waals surface area contributed by atoms with E-state index in [0.29, 0.717) is 30.4 Å². The summed E-state index contributed by atoms with van der Waals surface area (Å²) in [5.74, 6) is -1.70. The molecule has 32 heavy (non-hydrogen) atoms. The maximum absolute atomic E-state index is 13.3. The van der Waals surface area contributed by atoms with Gasteiger partial charge in [0.1, 0.15) is 5.78 Å². The molecular weight excluding hydrogens is 408 g/mol. The third kappa shape index (κ3) is 8.32. The summed E-state index contributed by atoms with van der Waals surface area (Å²) in [4.78, 5) is 37.4. The van der Waals surface area contributed by atoms with Crippen molar-refractivity contribution in [1.29, 1.82) is 0 Å². The van der Waals surface area contributed by atoms with E-state index in [0.717, 1.165) is 5.57 Å². The zero-order chi connectivity index (χ0) is 24.5. The van der Waals surface area contributed by atoms with Gasteiger partial charge in [0.25, 0.3) is 0 Å². The predicted octanol–water partition coefficient (Wildman–Crippen LogP) is 4.49. The van der Waals surface area contributed by atoms with E-state index in [1.807, 2.05) is 13.0 Å². The zero-order valence-corrected chi connectivity index (χ0v) is 20.3. The van der Waals surface area contributed by atoms with Gasteiger partial charge in [0, 0.05) is 31.1 Å². The van der Waals surface area contributed by atoms with Gasteiger partial charge in [-0.3, -0.25) is 4.79 Å². The van der Waals surface area contributed by atoms with Gasteiger partial charge in [-0.15, -0.1) is 0 Å². The highest BCUT2D eigenvalue weighted by atomic mass is 16.5. The van der Waals surface area contributed by atoms with Crippen LogP contribution in [0.5, 0.6) is 0 Å². The molecule has 0 amide bonds. The molecule has 0 radical (unpaired) electrons. The van der Waals surface area contributed by atoms with Crippen molar-refractivity contribution in [1.82, 2.24) is 0 Å². The number of allylic oxidation sites excluding steroid dienone is 3. The van der Waals surface area contributed by atoms with Crippen molar-refractivity contribution in [2.24, 2.45) is 17.3 Å². The van der Waals surface area contributed by atoms with E-state index in [9.17, 15) is 19.5 Å².